The van der Waals surface area contributed by atoms with Crippen molar-refractivity contribution in [1.82, 2.24) is 9.80 Å². The Kier molecular flexibility index (Phi) is 5.87. The minimum atomic E-state index is -4.44. The summed E-state index contributed by atoms with van der Waals surface area (Å²) in [7, 11) is 0. The first-order valence-corrected chi connectivity index (χ1v) is 9.20. The van der Waals surface area contributed by atoms with Crippen molar-refractivity contribution in [3.05, 3.63) is 35.4 Å². The van der Waals surface area contributed by atoms with Crippen molar-refractivity contribution in [3.8, 4) is 0 Å². The van der Waals surface area contributed by atoms with Gasteiger partial charge in [0.25, 0.3) is 5.91 Å². The molecule has 0 aromatic heterocycles. The highest BCUT2D eigenvalue weighted by molar-refractivity contribution is 5.94. The zero-order valence-electron chi connectivity index (χ0n) is 14.7. The number of carbonyl (C=O) groups excluding carboxylic acids is 1. The fourth-order valence-corrected chi connectivity index (χ4v) is 3.80. The van der Waals surface area contributed by atoms with E-state index in [0.29, 0.717) is 19.0 Å². The number of carbonyl (C=O) groups is 1. The van der Waals surface area contributed by atoms with Crippen molar-refractivity contribution in [2.45, 2.75) is 38.0 Å². The monoisotopic (exact) mass is 370 g/mol. The quantitative estimate of drug-likeness (QED) is 0.890. The van der Waals surface area contributed by atoms with Gasteiger partial charge in [-0.25, -0.2) is 0 Å². The summed E-state index contributed by atoms with van der Waals surface area (Å²) in [4.78, 5) is 16.6. The molecule has 0 bridgehead atoms. The molecule has 0 unspecified atom stereocenters. The van der Waals surface area contributed by atoms with E-state index >= 15 is 0 Å². The van der Waals surface area contributed by atoms with Crippen molar-refractivity contribution >= 4 is 5.91 Å². The largest absolute Gasteiger partial charge is 0.416 e. The van der Waals surface area contributed by atoms with Gasteiger partial charge in [-0.3, -0.25) is 4.79 Å². The van der Waals surface area contributed by atoms with Crippen LogP contribution in [0, 0.1) is 5.92 Å². The average Bonchev–Trinajstić information content (AvgIpc) is 2.63. The fraction of sp³-hybridized carbons (Fsp3) is 0.632. The van der Waals surface area contributed by atoms with Gasteiger partial charge in [0, 0.05) is 38.3 Å². The zero-order chi connectivity index (χ0) is 18.7. The first kappa shape index (κ1) is 19.2. The predicted molar refractivity (Wildman–Crippen MR) is 91.8 cm³/mol. The SMILES string of the molecule is O=C(c1cccc(C(F)(F)F)c1)N1CCC(CN2CCC(O)CC2)CC1. The van der Waals surface area contributed by atoms with Gasteiger partial charge in [0.15, 0.2) is 0 Å². The molecule has 0 atom stereocenters. The summed E-state index contributed by atoms with van der Waals surface area (Å²) in [5, 5.41) is 9.57. The molecule has 0 aliphatic carbocycles. The molecule has 0 saturated carbocycles. The molecule has 4 nitrogen and oxygen atoms in total. The minimum absolute atomic E-state index is 0.100. The van der Waals surface area contributed by atoms with Crippen LogP contribution in [0.25, 0.3) is 0 Å². The number of alkyl halides is 3. The first-order chi connectivity index (χ1) is 12.3. The van der Waals surface area contributed by atoms with Gasteiger partial charge < -0.3 is 14.9 Å². The number of hydrogen-bond donors (Lipinski definition) is 1. The third-order valence-corrected chi connectivity index (χ3v) is 5.41. The maximum atomic E-state index is 12.8. The number of hydrogen-bond acceptors (Lipinski definition) is 3. The molecule has 2 saturated heterocycles. The number of likely N-dealkylation sites (tertiary alicyclic amines) is 2. The molecule has 1 amide bonds. The molecule has 1 aromatic carbocycles. The van der Waals surface area contributed by atoms with E-state index < -0.39 is 11.7 Å². The van der Waals surface area contributed by atoms with Crippen molar-refractivity contribution in [1.29, 1.82) is 0 Å². The van der Waals surface area contributed by atoms with Crippen LogP contribution >= 0.6 is 0 Å². The third kappa shape index (κ3) is 4.76. The molecule has 0 radical (unpaired) electrons. The lowest BCUT2D eigenvalue weighted by atomic mass is 9.94. The van der Waals surface area contributed by atoms with Gasteiger partial charge in [0.1, 0.15) is 0 Å². The maximum Gasteiger partial charge on any atom is 0.416 e. The highest BCUT2D eigenvalue weighted by Crippen LogP contribution is 2.30. The number of aliphatic hydroxyl groups is 1. The molecule has 1 N–H and O–H groups in total. The summed E-state index contributed by atoms with van der Waals surface area (Å²) < 4.78 is 38.5. The van der Waals surface area contributed by atoms with Gasteiger partial charge in [-0.1, -0.05) is 6.07 Å². The van der Waals surface area contributed by atoms with Gasteiger partial charge in [-0.2, -0.15) is 13.2 Å². The number of amides is 1. The Balaban J connectivity index is 1.52. The number of halogens is 3. The van der Waals surface area contributed by atoms with Crippen LogP contribution in [0.2, 0.25) is 0 Å². The van der Waals surface area contributed by atoms with Gasteiger partial charge in [0.05, 0.1) is 11.7 Å². The second-order valence-electron chi connectivity index (χ2n) is 7.35. The van der Waals surface area contributed by atoms with Crippen molar-refractivity contribution in [3.63, 3.8) is 0 Å². The minimum Gasteiger partial charge on any atom is -0.393 e. The number of nitrogens with zero attached hydrogens (tertiary/aromatic N) is 2. The van der Waals surface area contributed by atoms with Crippen LogP contribution < -0.4 is 0 Å². The van der Waals surface area contributed by atoms with Gasteiger partial charge in [-0.15, -0.1) is 0 Å². The maximum absolute atomic E-state index is 12.8. The van der Waals surface area contributed by atoms with Gasteiger partial charge in [0.2, 0.25) is 0 Å². The molecule has 2 aliphatic heterocycles. The predicted octanol–water partition coefficient (Wildman–Crippen LogP) is 3.01. The second-order valence-corrected chi connectivity index (χ2v) is 7.35. The van der Waals surface area contributed by atoms with E-state index in [1.165, 1.54) is 12.1 Å². The second kappa shape index (κ2) is 7.96. The van der Waals surface area contributed by atoms with Crippen molar-refractivity contribution < 1.29 is 23.1 Å². The van der Waals surface area contributed by atoms with Crippen LogP contribution in [0.5, 0.6) is 0 Å². The average molecular weight is 370 g/mol. The molecule has 144 valence electrons. The molecule has 26 heavy (non-hydrogen) atoms. The number of aliphatic hydroxyl groups excluding tert-OH is 1. The van der Waals surface area contributed by atoms with Crippen LogP contribution in [0.1, 0.15) is 41.6 Å². The summed E-state index contributed by atoms with van der Waals surface area (Å²) in [5.41, 5.74) is -0.686. The van der Waals surface area contributed by atoms with Crippen LogP contribution in [-0.4, -0.2) is 59.6 Å². The Morgan fingerprint density at radius 2 is 1.73 bits per heavy atom. The summed E-state index contributed by atoms with van der Waals surface area (Å²) in [6.45, 7) is 3.94. The Morgan fingerprint density at radius 3 is 2.35 bits per heavy atom. The lowest BCUT2D eigenvalue weighted by Gasteiger charge is -2.37. The summed E-state index contributed by atoms with van der Waals surface area (Å²) >= 11 is 0. The third-order valence-electron chi connectivity index (χ3n) is 5.41. The van der Waals surface area contributed by atoms with Gasteiger partial charge in [-0.05, 0) is 49.8 Å². The lowest BCUT2D eigenvalue weighted by Crippen LogP contribution is -2.43. The molecular weight excluding hydrogens is 345 g/mol. The molecule has 1 aromatic rings. The van der Waals surface area contributed by atoms with Crippen LogP contribution in [0.15, 0.2) is 24.3 Å². The smallest absolute Gasteiger partial charge is 0.393 e. The van der Waals surface area contributed by atoms with E-state index in [1.807, 2.05) is 0 Å². The Bertz CT molecular complexity index is 619. The van der Waals surface area contributed by atoms with E-state index in [2.05, 4.69) is 4.90 Å². The highest BCUT2D eigenvalue weighted by atomic mass is 19.4. The summed E-state index contributed by atoms with van der Waals surface area (Å²) in [6, 6.07) is 4.66. The highest BCUT2D eigenvalue weighted by Gasteiger charge is 2.32. The Labute approximate surface area is 151 Å². The van der Waals surface area contributed by atoms with Crippen LogP contribution in [0.3, 0.4) is 0 Å². The molecule has 3 rings (SSSR count). The van der Waals surface area contributed by atoms with Crippen LogP contribution in [0.4, 0.5) is 13.2 Å². The first-order valence-electron chi connectivity index (χ1n) is 9.20. The number of piperidine rings is 2. The number of benzene rings is 1. The molecule has 7 heteroatoms. The van der Waals surface area contributed by atoms with E-state index in [-0.39, 0.29) is 17.6 Å². The van der Waals surface area contributed by atoms with Crippen molar-refractivity contribution in [2.75, 3.05) is 32.7 Å². The molecule has 0 spiro atoms. The van der Waals surface area contributed by atoms with Gasteiger partial charge >= 0.3 is 6.18 Å². The molecule has 2 fully saturated rings. The van der Waals surface area contributed by atoms with Crippen molar-refractivity contribution in [2.24, 2.45) is 5.92 Å². The van der Waals surface area contributed by atoms with E-state index in [1.54, 1.807) is 4.90 Å². The standard InChI is InChI=1S/C19H25F3N2O2/c20-19(21,22)16-3-1-2-15(12-16)18(26)24-10-4-14(5-11-24)13-23-8-6-17(25)7-9-23/h1-3,12,14,17,25H,4-11,13H2. The van der Waals surface area contributed by atoms with E-state index in [9.17, 15) is 23.1 Å². The molecule has 2 aliphatic rings. The van der Waals surface area contributed by atoms with E-state index in [0.717, 1.165) is 57.5 Å². The molecular formula is C19H25F3N2O2. The topological polar surface area (TPSA) is 43.8 Å². The summed E-state index contributed by atoms with van der Waals surface area (Å²) in [5.74, 6) is 0.173. The lowest BCUT2D eigenvalue weighted by molar-refractivity contribution is -0.137. The summed E-state index contributed by atoms with van der Waals surface area (Å²) in [6.07, 6.45) is -1.27. The number of rotatable bonds is 3. The zero-order valence-corrected chi connectivity index (χ0v) is 14.7. The normalized spacial score (nSPS) is 21.2. The Morgan fingerprint density at radius 1 is 1.08 bits per heavy atom. The fourth-order valence-electron chi connectivity index (χ4n) is 3.80. The van der Waals surface area contributed by atoms with E-state index in [4.69, 9.17) is 0 Å². The molecule has 2 heterocycles. The Hall–Kier alpha value is -1.60. The van der Waals surface area contributed by atoms with Crippen LogP contribution in [-0.2, 0) is 6.18 Å².